The molecule has 0 saturated carbocycles. The molecule has 0 saturated heterocycles. The number of carbonyl (C=O) groups is 1. The van der Waals surface area contributed by atoms with Crippen LogP contribution in [0.1, 0.15) is 21.5 Å². The van der Waals surface area contributed by atoms with Crippen molar-refractivity contribution in [1.82, 2.24) is 4.98 Å². The highest BCUT2D eigenvalue weighted by Gasteiger charge is 2.28. The molecular weight excluding hydrogens is 354 g/mol. The van der Waals surface area contributed by atoms with Crippen LogP contribution < -0.4 is 10.2 Å². The van der Waals surface area contributed by atoms with E-state index in [0.29, 0.717) is 28.2 Å². The maximum Gasteiger partial charge on any atom is 0.337 e. The highest BCUT2D eigenvalue weighted by molar-refractivity contribution is 6.30. The lowest BCUT2D eigenvalue weighted by Crippen LogP contribution is -2.36. The van der Waals surface area contributed by atoms with E-state index in [2.05, 4.69) is 10.3 Å². The largest absolute Gasteiger partial charge is 0.465 e. The molecule has 1 aliphatic rings. The average Bonchev–Trinajstić information content (AvgIpc) is 2.86. The molecule has 7 nitrogen and oxygen atoms in total. The number of amidine groups is 2. The number of nitrogens with zero attached hydrogens (tertiary/aromatic N) is 2. The summed E-state index contributed by atoms with van der Waals surface area (Å²) in [6, 6.07) is 17.6. The fourth-order valence-corrected chi connectivity index (χ4v) is 3.08. The molecule has 3 aromatic rings. The van der Waals surface area contributed by atoms with E-state index in [9.17, 15) is 4.79 Å². The SMILES string of the molecule is COC(=O)c1ccc(C(=N)N2C(=N)c3ccccc3Nc3ncccc32)cc1. The second-order valence-electron chi connectivity index (χ2n) is 6.14. The van der Waals surface area contributed by atoms with Crippen molar-refractivity contribution >= 4 is 34.8 Å². The van der Waals surface area contributed by atoms with Crippen LogP contribution in [0.15, 0.2) is 66.9 Å². The van der Waals surface area contributed by atoms with E-state index in [-0.39, 0.29) is 11.7 Å². The Morgan fingerprint density at radius 3 is 2.50 bits per heavy atom. The molecule has 1 aromatic heterocycles. The molecule has 0 unspecified atom stereocenters. The van der Waals surface area contributed by atoms with E-state index in [1.165, 1.54) is 12.0 Å². The zero-order valence-corrected chi connectivity index (χ0v) is 15.1. The molecule has 138 valence electrons. The molecule has 28 heavy (non-hydrogen) atoms. The predicted octanol–water partition coefficient (Wildman–Crippen LogP) is 3.78. The zero-order chi connectivity index (χ0) is 19.7. The van der Waals surface area contributed by atoms with Crippen LogP contribution in [0, 0.1) is 10.8 Å². The Balaban J connectivity index is 1.80. The summed E-state index contributed by atoms with van der Waals surface area (Å²) in [6.07, 6.45) is 1.66. The van der Waals surface area contributed by atoms with Gasteiger partial charge in [0, 0.05) is 17.3 Å². The molecule has 2 aromatic carbocycles. The van der Waals surface area contributed by atoms with Crippen molar-refractivity contribution < 1.29 is 9.53 Å². The summed E-state index contributed by atoms with van der Waals surface area (Å²) < 4.78 is 4.72. The smallest absolute Gasteiger partial charge is 0.337 e. The van der Waals surface area contributed by atoms with Gasteiger partial charge in [-0.05, 0) is 36.4 Å². The quantitative estimate of drug-likeness (QED) is 0.361. The van der Waals surface area contributed by atoms with Gasteiger partial charge >= 0.3 is 5.97 Å². The van der Waals surface area contributed by atoms with Crippen LogP contribution in [-0.2, 0) is 4.74 Å². The van der Waals surface area contributed by atoms with E-state index >= 15 is 0 Å². The first-order valence-corrected chi connectivity index (χ1v) is 8.57. The summed E-state index contributed by atoms with van der Waals surface area (Å²) >= 11 is 0. The van der Waals surface area contributed by atoms with Crippen molar-refractivity contribution in [3.63, 3.8) is 0 Å². The highest BCUT2D eigenvalue weighted by atomic mass is 16.5. The van der Waals surface area contributed by atoms with Gasteiger partial charge in [0.1, 0.15) is 11.7 Å². The number of pyridine rings is 1. The van der Waals surface area contributed by atoms with Crippen LogP contribution in [0.4, 0.5) is 17.2 Å². The molecule has 0 amide bonds. The van der Waals surface area contributed by atoms with Gasteiger partial charge in [0.15, 0.2) is 5.82 Å². The number of anilines is 3. The van der Waals surface area contributed by atoms with Crippen LogP contribution >= 0.6 is 0 Å². The minimum absolute atomic E-state index is 0.106. The molecule has 0 aliphatic carbocycles. The number of ether oxygens (including phenoxy) is 1. The number of rotatable bonds is 2. The third kappa shape index (κ3) is 2.88. The standard InChI is InChI=1S/C21H17N5O2/c1-28-21(27)14-10-8-13(9-11-14)18(22)26-17-7-4-12-24-20(17)25-16-6-3-2-5-15(16)19(26)23/h2-12,22-23H,1H3,(H,24,25). The van der Waals surface area contributed by atoms with Gasteiger partial charge in [0.05, 0.1) is 24.0 Å². The van der Waals surface area contributed by atoms with Gasteiger partial charge in [0.2, 0.25) is 0 Å². The van der Waals surface area contributed by atoms with Crippen molar-refractivity contribution in [2.45, 2.75) is 0 Å². The van der Waals surface area contributed by atoms with Crippen molar-refractivity contribution in [3.05, 3.63) is 83.6 Å². The number of carbonyl (C=O) groups excluding carboxylic acids is 1. The Labute approximate surface area is 161 Å². The second kappa shape index (κ2) is 6.96. The fraction of sp³-hybridized carbons (Fsp3) is 0.0476. The molecule has 0 radical (unpaired) electrons. The Hall–Kier alpha value is -4.00. The summed E-state index contributed by atoms with van der Waals surface area (Å²) in [6.45, 7) is 0. The molecule has 0 fully saturated rings. The number of benzene rings is 2. The molecule has 4 rings (SSSR count). The van der Waals surface area contributed by atoms with Crippen LogP contribution in [-0.4, -0.2) is 29.7 Å². The van der Waals surface area contributed by atoms with Gasteiger partial charge in [-0.1, -0.05) is 24.3 Å². The number of esters is 1. The molecule has 2 heterocycles. The van der Waals surface area contributed by atoms with Crippen molar-refractivity contribution in [2.24, 2.45) is 0 Å². The number of fused-ring (bicyclic) bond motifs is 2. The summed E-state index contributed by atoms with van der Waals surface area (Å²) in [5, 5.41) is 20.8. The van der Waals surface area contributed by atoms with Crippen molar-refractivity contribution in [2.75, 3.05) is 17.3 Å². The lowest BCUT2D eigenvalue weighted by molar-refractivity contribution is 0.0600. The lowest BCUT2D eigenvalue weighted by Gasteiger charge is -2.25. The summed E-state index contributed by atoms with van der Waals surface area (Å²) in [4.78, 5) is 17.6. The maximum absolute atomic E-state index is 11.7. The monoisotopic (exact) mass is 371 g/mol. The third-order valence-corrected chi connectivity index (χ3v) is 4.49. The number of hydrogen-bond donors (Lipinski definition) is 3. The van der Waals surface area contributed by atoms with Gasteiger partial charge in [-0.25, -0.2) is 9.78 Å². The zero-order valence-electron chi connectivity index (χ0n) is 15.1. The molecule has 0 spiro atoms. The molecule has 7 heteroatoms. The maximum atomic E-state index is 11.7. The van der Waals surface area contributed by atoms with Gasteiger partial charge < -0.3 is 10.1 Å². The summed E-state index contributed by atoms with van der Waals surface area (Å²) in [5.41, 5.74) is 2.98. The average molecular weight is 371 g/mol. The van der Waals surface area contributed by atoms with E-state index in [1.807, 2.05) is 30.3 Å². The number of para-hydroxylation sites is 1. The normalized spacial score (nSPS) is 12.3. The van der Waals surface area contributed by atoms with E-state index < -0.39 is 5.97 Å². The Bertz CT molecular complexity index is 1090. The number of hydrogen-bond acceptors (Lipinski definition) is 6. The second-order valence-corrected chi connectivity index (χ2v) is 6.14. The number of methoxy groups -OCH3 is 1. The van der Waals surface area contributed by atoms with Gasteiger partial charge in [0.25, 0.3) is 0 Å². The summed E-state index contributed by atoms with van der Waals surface area (Å²) in [5.74, 6) is 0.396. The first-order chi connectivity index (χ1) is 13.6. The first-order valence-electron chi connectivity index (χ1n) is 8.57. The fourth-order valence-electron chi connectivity index (χ4n) is 3.08. The first kappa shape index (κ1) is 17.4. The van der Waals surface area contributed by atoms with Crippen LogP contribution in [0.3, 0.4) is 0 Å². The molecule has 3 N–H and O–H groups in total. The molecule has 0 bridgehead atoms. The van der Waals surface area contributed by atoms with E-state index in [4.69, 9.17) is 15.6 Å². The number of aromatic nitrogens is 1. The molecular formula is C21H17N5O2. The van der Waals surface area contributed by atoms with Gasteiger partial charge in [-0.3, -0.25) is 15.7 Å². The topological polar surface area (TPSA) is 102 Å². The van der Waals surface area contributed by atoms with Crippen LogP contribution in [0.25, 0.3) is 0 Å². The Morgan fingerprint density at radius 1 is 1.04 bits per heavy atom. The molecule has 0 atom stereocenters. The van der Waals surface area contributed by atoms with Crippen molar-refractivity contribution in [1.29, 1.82) is 10.8 Å². The van der Waals surface area contributed by atoms with E-state index in [1.54, 1.807) is 36.5 Å². The Kier molecular flexibility index (Phi) is 4.33. The molecule has 1 aliphatic heterocycles. The van der Waals surface area contributed by atoms with Gasteiger partial charge in [-0.15, -0.1) is 0 Å². The third-order valence-electron chi connectivity index (χ3n) is 4.49. The Morgan fingerprint density at radius 2 is 1.75 bits per heavy atom. The predicted molar refractivity (Wildman–Crippen MR) is 108 cm³/mol. The van der Waals surface area contributed by atoms with Crippen LogP contribution in [0.2, 0.25) is 0 Å². The lowest BCUT2D eigenvalue weighted by atomic mass is 10.1. The number of nitrogens with one attached hydrogen (secondary N) is 3. The minimum atomic E-state index is -0.437. The highest BCUT2D eigenvalue weighted by Crippen LogP contribution is 2.34. The van der Waals surface area contributed by atoms with Gasteiger partial charge in [-0.2, -0.15) is 0 Å². The van der Waals surface area contributed by atoms with Crippen molar-refractivity contribution in [3.8, 4) is 0 Å². The van der Waals surface area contributed by atoms with Crippen LogP contribution in [0.5, 0.6) is 0 Å². The van der Waals surface area contributed by atoms with E-state index in [0.717, 1.165) is 5.69 Å². The minimum Gasteiger partial charge on any atom is -0.465 e. The summed E-state index contributed by atoms with van der Waals surface area (Å²) in [7, 11) is 1.32.